The van der Waals surface area contributed by atoms with E-state index >= 15 is 4.39 Å². The van der Waals surface area contributed by atoms with Gasteiger partial charge < -0.3 is 51.1 Å². The molecular formula is C90H93Cl3F3N21O11S3. The van der Waals surface area contributed by atoms with Gasteiger partial charge in [-0.2, -0.15) is 15.2 Å². The van der Waals surface area contributed by atoms with Gasteiger partial charge in [0.05, 0.1) is 67.6 Å². The molecule has 0 bridgehead atoms. The molecule has 32 nitrogen and oxygen atoms in total. The van der Waals surface area contributed by atoms with Crippen molar-refractivity contribution in [3.8, 4) is 11.1 Å². The number of nitrogens with two attached hydrogens (primary N) is 1. The average Bonchev–Trinajstić information content (AvgIpc) is 1.73. The largest absolute Gasteiger partial charge is 0.412 e. The predicted octanol–water partition coefficient (Wildman–Crippen LogP) is 13.9. The van der Waals surface area contributed by atoms with Crippen LogP contribution in [0.1, 0.15) is 96.0 Å². The topological polar surface area (TPSA) is 435 Å². The molecule has 1 aliphatic carbocycles. The van der Waals surface area contributed by atoms with Crippen LogP contribution in [0.25, 0.3) is 43.8 Å². The Balaban J connectivity index is 0.000000157. The molecule has 131 heavy (non-hydrogen) atoms. The number of H-pyrrole nitrogens is 2. The zero-order valence-corrected chi connectivity index (χ0v) is 76.7. The van der Waals surface area contributed by atoms with Crippen molar-refractivity contribution in [2.45, 2.75) is 65.2 Å². The smallest absolute Gasteiger partial charge is 0.272 e. The number of β-amino-alcohol motifs (C(OH)–C–C–N with tert-alkyl or cyclic N) is 1. The summed E-state index contributed by atoms with van der Waals surface area (Å²) in [7, 11) is -3.83. The minimum Gasteiger partial charge on any atom is -0.412 e. The fourth-order valence-corrected chi connectivity index (χ4v) is 17.7. The number of hydrogen-bond acceptors (Lipinski definition) is 24. The van der Waals surface area contributed by atoms with E-state index in [-0.39, 0.29) is 75.5 Å². The molecule has 0 unspecified atom stereocenters. The Labute approximate surface area is 771 Å². The highest BCUT2D eigenvalue weighted by Gasteiger charge is 2.36. The fourth-order valence-electron chi connectivity index (χ4n) is 14.7. The number of carbonyl (C=O) groups is 4. The number of carbonyl (C=O) groups excluding carboxylic acids is 4. The van der Waals surface area contributed by atoms with Crippen LogP contribution in [-0.2, 0) is 38.3 Å². The van der Waals surface area contributed by atoms with Crippen LogP contribution in [0, 0.1) is 51.1 Å². The molecule has 14 aromatic rings. The SMILES string of the molecule is CCCS(=O)(=O)Nc1ccc(F)c(C(=O)c2c[nH]c3ncc(-c4ccc(Cl)cc4)cc23)c1F.Cc1ccc(Nc2nccc(N(C)c3ccc4c(C)n(C)nc4c3)n2)cc1S(N)(=O)=O.Cc1nc(Nc2ncc(C(=O)Nc3c(C)cccc3Cl)s2)cc(N2CCN(CCO)CC2)n1.Cl.O.O=C(c1cc(Cc2n[nH]c(=O)c3ccccc23)ccc1F)N1CCN(C(=O)C2CC2)CC1. The number of rotatable bonds is 23. The van der Waals surface area contributed by atoms with Crippen LogP contribution in [0.5, 0.6) is 0 Å². The number of nitrogens with zero attached hydrogens (tertiary/aromatic N) is 14. The van der Waals surface area contributed by atoms with Crippen LogP contribution in [0.2, 0.25) is 10.0 Å². The summed E-state index contributed by atoms with van der Waals surface area (Å²) >= 11 is 13.4. The molecule has 11 N–H and O–H groups in total. The Morgan fingerprint density at radius 3 is 2.15 bits per heavy atom. The lowest BCUT2D eigenvalue weighted by atomic mass is 10.00. The summed E-state index contributed by atoms with van der Waals surface area (Å²) in [6, 6.07) is 42.3. The second-order valence-corrected chi connectivity index (χ2v) is 36.1. The minimum atomic E-state index is -3.84. The summed E-state index contributed by atoms with van der Waals surface area (Å²) in [5.41, 5.74) is 7.13. The average molecular weight is 1900 g/mol. The van der Waals surface area contributed by atoms with Crippen LogP contribution in [0.4, 0.5) is 64.5 Å². The van der Waals surface area contributed by atoms with Gasteiger partial charge in [-0.3, -0.25) is 38.3 Å². The first-order valence-corrected chi connectivity index (χ1v) is 45.8. The lowest BCUT2D eigenvalue weighted by Gasteiger charge is -2.35. The summed E-state index contributed by atoms with van der Waals surface area (Å²) < 4.78 is 95.8. The van der Waals surface area contributed by atoms with Gasteiger partial charge in [0.25, 0.3) is 17.4 Å². The van der Waals surface area contributed by atoms with Gasteiger partial charge in [-0.15, -0.1) is 12.4 Å². The number of ketones is 1. The number of anilines is 9. The van der Waals surface area contributed by atoms with E-state index in [0.29, 0.717) is 134 Å². The molecule has 2 saturated heterocycles. The Morgan fingerprint density at radius 1 is 0.718 bits per heavy atom. The highest BCUT2D eigenvalue weighted by atomic mass is 35.5. The van der Waals surface area contributed by atoms with Crippen molar-refractivity contribution in [3.63, 3.8) is 0 Å². The molecule has 1 saturated carbocycles. The van der Waals surface area contributed by atoms with Crippen molar-refractivity contribution in [2.75, 3.05) is 109 Å². The minimum absolute atomic E-state index is 0. The van der Waals surface area contributed by atoms with Crippen molar-refractivity contribution in [1.82, 2.24) is 69.6 Å². The first kappa shape index (κ1) is 97.2. The van der Waals surface area contributed by atoms with Gasteiger partial charge in [-0.05, 0) is 160 Å². The molecule has 0 atom stereocenters. The third-order valence-electron chi connectivity index (χ3n) is 21.8. The number of hydrogen-bond donors (Lipinski definition) is 8. The number of fused-ring (bicyclic) bond motifs is 3. The molecule has 2 aliphatic heterocycles. The quantitative estimate of drug-likeness (QED) is 0.0276. The van der Waals surface area contributed by atoms with Crippen molar-refractivity contribution < 1.29 is 59.8 Å². The molecule has 41 heteroatoms. The number of pyridine rings is 1. The number of thiazole rings is 1. The van der Waals surface area contributed by atoms with Gasteiger partial charge in [-0.25, -0.2) is 65.2 Å². The molecule has 7 aromatic heterocycles. The van der Waals surface area contributed by atoms with Gasteiger partial charge in [0, 0.05) is 159 Å². The Hall–Kier alpha value is -12.9. The molecule has 7 aromatic carbocycles. The number of benzene rings is 7. The standard InChI is InChI=1S/C24H23FN4O3.C23H18ClF2N3O3S.C22H26ClN7O2S.C21H23N7O2S.ClH.H2O/c25-20-8-5-15(14-21-17-3-1-2-4-18(17)22(30)27-26-21)13-19(20)24(32)29-11-9-28(10-12-29)23(31)16-6-7-16;1-2-9-33(31,32)29-19-8-7-18(25)20(21(19)26)22(30)17-12-28-23-16(17)10-14(11-27-23)13-3-5-15(24)6-4-13;1-14-4-3-5-16(23)20(14)28-21(32)17-13-24-22(33-17)27-18-12-19(26-15(2)25-18)30-8-6-29(7-9-30)10-11-31;1-13-5-6-15(11-19(13)31(22,29)30)24-21-23-10-9-20(25-21)27(3)16-7-8-17-14(2)28(4)26-18(17)12-16;;/h1-5,8,13,16H,6-7,9-12,14H2,(H,27,30);3-8,10-12,29H,2,9H2,1H3,(H,27,28);3-5,12-13,31H,6-11H2,1-2H3,(H,28,32)(H,24,25,26,27);5-12H,1-4H3,(H2,22,29,30)(H,23,24,25);1H;1H2. The number of primary sulfonamides is 1. The van der Waals surface area contributed by atoms with Crippen LogP contribution in [0.3, 0.4) is 0 Å². The van der Waals surface area contributed by atoms with Crippen LogP contribution >= 0.6 is 46.9 Å². The van der Waals surface area contributed by atoms with E-state index in [1.807, 2.05) is 93.0 Å². The van der Waals surface area contributed by atoms with Gasteiger partial charge in [0.2, 0.25) is 37.7 Å². The number of aromatic amines is 2. The van der Waals surface area contributed by atoms with Crippen molar-refractivity contribution in [1.29, 1.82) is 0 Å². The van der Waals surface area contributed by atoms with Gasteiger partial charge in [-0.1, -0.05) is 96.1 Å². The van der Waals surface area contributed by atoms with E-state index in [1.165, 1.54) is 35.9 Å². The zero-order chi connectivity index (χ0) is 91.7. The van der Waals surface area contributed by atoms with Crippen LogP contribution < -0.4 is 41.2 Å². The van der Waals surface area contributed by atoms with E-state index in [1.54, 1.807) is 115 Å². The number of sulfonamides is 2. The normalized spacial score (nSPS) is 13.3. The maximum absolute atomic E-state index is 15.1. The Morgan fingerprint density at radius 2 is 1.44 bits per heavy atom. The van der Waals surface area contributed by atoms with Crippen molar-refractivity contribution >= 4 is 174 Å². The molecule has 3 aliphatic rings. The Kier molecular flexibility index (Phi) is 31.4. The number of nitrogens with one attached hydrogen (secondary N) is 6. The Bertz CT molecular complexity index is 6880. The van der Waals surface area contributed by atoms with Gasteiger partial charge >= 0.3 is 0 Å². The first-order chi connectivity index (χ1) is 61.8. The number of aliphatic hydroxyl groups excluding tert-OH is 1. The monoisotopic (exact) mass is 1900 g/mol. The zero-order valence-electron chi connectivity index (χ0n) is 71.9. The molecule has 3 fully saturated rings. The molecule has 0 spiro atoms. The van der Waals surface area contributed by atoms with E-state index < -0.39 is 54.5 Å². The maximum atomic E-state index is 15.1. The number of halogens is 6. The lowest BCUT2D eigenvalue weighted by Crippen LogP contribution is -2.51. The van der Waals surface area contributed by atoms with Crippen LogP contribution in [0.15, 0.2) is 186 Å². The summed E-state index contributed by atoms with van der Waals surface area (Å²) in [6.07, 6.45) is 8.65. The van der Waals surface area contributed by atoms with Crippen LogP contribution in [-0.4, -0.2) is 199 Å². The summed E-state index contributed by atoms with van der Waals surface area (Å²) in [4.78, 5) is 103. The lowest BCUT2D eigenvalue weighted by molar-refractivity contribution is -0.134. The molecule has 9 heterocycles. The molecule has 684 valence electrons. The number of aliphatic hydroxyl groups is 1. The molecule has 0 radical (unpaired) electrons. The summed E-state index contributed by atoms with van der Waals surface area (Å²) in [6.45, 7) is 15.2. The molecular weight excluding hydrogens is 1810 g/mol. The fraction of sp³-hybridized carbons (Fsp3) is 0.256. The summed E-state index contributed by atoms with van der Waals surface area (Å²) in [5, 5.41) is 39.1. The third kappa shape index (κ3) is 23.5. The predicted molar refractivity (Wildman–Crippen MR) is 505 cm³/mol. The molecule has 3 amide bonds. The van der Waals surface area contributed by atoms with Crippen molar-refractivity contribution in [2.24, 2.45) is 18.1 Å². The number of piperazine rings is 2. The number of para-hydroxylation sites is 1. The first-order valence-electron chi connectivity index (χ1n) is 41.0. The van der Waals surface area contributed by atoms with Gasteiger partial charge in [0.15, 0.2) is 10.9 Å². The summed E-state index contributed by atoms with van der Waals surface area (Å²) in [5.74, 6) is -1.33. The second-order valence-electron chi connectivity index (χ2n) is 30.9. The van der Waals surface area contributed by atoms with E-state index in [4.69, 9.17) is 33.4 Å². The van der Waals surface area contributed by atoms with Crippen molar-refractivity contribution in [3.05, 3.63) is 270 Å². The van der Waals surface area contributed by atoms with E-state index in [0.717, 1.165) is 101 Å². The maximum Gasteiger partial charge on any atom is 0.272 e. The van der Waals surface area contributed by atoms with E-state index in [9.17, 15) is 49.6 Å². The second kappa shape index (κ2) is 42.3. The number of aryl methyl sites for hydroxylation is 5. The third-order valence-corrected chi connectivity index (χ3v) is 25.8. The molecule has 17 rings (SSSR count). The number of aromatic nitrogens is 11. The highest BCUT2D eigenvalue weighted by molar-refractivity contribution is 7.92. The van der Waals surface area contributed by atoms with Gasteiger partial charge in [0.1, 0.15) is 45.4 Å². The highest BCUT2D eigenvalue weighted by Crippen LogP contribution is 2.36. The van der Waals surface area contributed by atoms with E-state index in [2.05, 4.69) is 80.7 Å². The number of amides is 3.